The zero-order chi connectivity index (χ0) is 36.3. The molecule has 0 radical (unpaired) electrons. The number of hydrogen-bond donors (Lipinski definition) is 3. The van der Waals surface area contributed by atoms with Crippen LogP contribution in [0.3, 0.4) is 0 Å². The van der Waals surface area contributed by atoms with Crippen molar-refractivity contribution in [3.8, 4) is 0 Å². The molecule has 0 heterocycles. The maximum absolute atomic E-state index is 12.5. The van der Waals surface area contributed by atoms with Gasteiger partial charge in [-0.15, -0.1) is 0 Å². The molecule has 0 aliphatic heterocycles. The van der Waals surface area contributed by atoms with Crippen LogP contribution in [0, 0.1) is 0 Å². The molecule has 0 spiro atoms. The number of phosphoric ester groups is 1. The van der Waals surface area contributed by atoms with Gasteiger partial charge >= 0.3 is 19.8 Å². The van der Waals surface area contributed by atoms with E-state index in [1.165, 1.54) is 116 Å². The molecule has 2 unspecified atom stereocenters. The lowest BCUT2D eigenvalue weighted by atomic mass is 10.0. The molecular formula is C38H75O10P. The van der Waals surface area contributed by atoms with Crippen molar-refractivity contribution in [1.29, 1.82) is 0 Å². The molecule has 3 atom stereocenters. The first-order valence-corrected chi connectivity index (χ1v) is 21.5. The summed E-state index contributed by atoms with van der Waals surface area (Å²) in [5.74, 6) is -0.913. The Balaban J connectivity index is 4.31. The molecule has 0 fully saturated rings. The number of esters is 2. The molecule has 49 heavy (non-hydrogen) atoms. The average molecular weight is 723 g/mol. The van der Waals surface area contributed by atoms with Crippen LogP contribution < -0.4 is 0 Å². The summed E-state index contributed by atoms with van der Waals surface area (Å²) in [6.07, 6.45) is 29.2. The van der Waals surface area contributed by atoms with E-state index in [-0.39, 0.29) is 19.4 Å². The second-order valence-electron chi connectivity index (χ2n) is 13.7. The van der Waals surface area contributed by atoms with Gasteiger partial charge in [0.25, 0.3) is 0 Å². The Morgan fingerprint density at radius 1 is 0.531 bits per heavy atom. The Bertz CT molecular complexity index is 796. The Morgan fingerprint density at radius 2 is 0.878 bits per heavy atom. The summed E-state index contributed by atoms with van der Waals surface area (Å²) in [6, 6.07) is 0. The zero-order valence-corrected chi connectivity index (χ0v) is 32.3. The molecule has 0 aliphatic rings. The van der Waals surface area contributed by atoms with Crippen LogP contribution in [0.15, 0.2) is 0 Å². The van der Waals surface area contributed by atoms with Crippen LogP contribution >= 0.6 is 7.82 Å². The molecule has 0 rings (SSSR count). The third-order valence-electron chi connectivity index (χ3n) is 8.76. The van der Waals surface area contributed by atoms with Gasteiger partial charge in [0.1, 0.15) is 12.7 Å². The molecule has 0 bridgehead atoms. The van der Waals surface area contributed by atoms with Crippen molar-refractivity contribution in [2.75, 3.05) is 26.4 Å². The lowest BCUT2D eigenvalue weighted by Gasteiger charge is -2.20. The molecule has 0 saturated heterocycles. The standard InChI is InChI=1S/C38H75O10P/c1-3-5-7-9-11-13-15-17-19-21-23-25-27-29-37(41)45-33-36(34-47-49(43,44)46-32-35(40)31-39)48-38(42)30-28-26-24-22-20-18-16-14-12-10-8-6-4-2/h35-36,39-40H,3-34H2,1-2H3,(H,43,44)/t35-,36?/m0/s1. The van der Waals surface area contributed by atoms with E-state index < -0.39 is 51.8 Å². The first-order chi connectivity index (χ1) is 23.7. The minimum absolute atomic E-state index is 0.192. The molecule has 11 heteroatoms. The number of phosphoric acid groups is 1. The van der Waals surface area contributed by atoms with Crippen LogP contribution in [-0.4, -0.2) is 65.7 Å². The van der Waals surface area contributed by atoms with E-state index in [1.807, 2.05) is 0 Å². The van der Waals surface area contributed by atoms with Crippen molar-refractivity contribution >= 4 is 19.8 Å². The minimum atomic E-state index is -4.60. The summed E-state index contributed by atoms with van der Waals surface area (Å²) in [5, 5.41) is 18.3. The highest BCUT2D eigenvalue weighted by atomic mass is 31.2. The number of carbonyl (C=O) groups is 2. The van der Waals surface area contributed by atoms with Gasteiger partial charge in [-0.2, -0.15) is 0 Å². The molecule has 3 N–H and O–H groups in total. The molecule has 0 amide bonds. The van der Waals surface area contributed by atoms with Gasteiger partial charge in [0.15, 0.2) is 6.10 Å². The average Bonchev–Trinajstić information content (AvgIpc) is 3.09. The lowest BCUT2D eigenvalue weighted by molar-refractivity contribution is -0.161. The van der Waals surface area contributed by atoms with E-state index in [9.17, 15) is 24.2 Å². The highest BCUT2D eigenvalue weighted by Gasteiger charge is 2.27. The normalized spacial score (nSPS) is 14.0. The van der Waals surface area contributed by atoms with Crippen molar-refractivity contribution in [1.82, 2.24) is 0 Å². The lowest BCUT2D eigenvalue weighted by Crippen LogP contribution is -2.29. The van der Waals surface area contributed by atoms with Crippen LogP contribution in [0.2, 0.25) is 0 Å². The molecule has 0 aromatic carbocycles. The van der Waals surface area contributed by atoms with Gasteiger partial charge < -0.3 is 24.6 Å². The van der Waals surface area contributed by atoms with E-state index in [0.29, 0.717) is 12.8 Å². The third-order valence-corrected chi connectivity index (χ3v) is 9.71. The fourth-order valence-corrected chi connectivity index (χ4v) is 6.43. The fourth-order valence-electron chi connectivity index (χ4n) is 5.64. The Kier molecular flexibility index (Phi) is 34.6. The van der Waals surface area contributed by atoms with E-state index in [4.69, 9.17) is 19.1 Å². The Hall–Kier alpha value is -1.03. The van der Waals surface area contributed by atoms with Gasteiger partial charge in [-0.1, -0.05) is 168 Å². The topological polar surface area (TPSA) is 149 Å². The largest absolute Gasteiger partial charge is 0.472 e. The van der Waals surface area contributed by atoms with Gasteiger partial charge in [0.05, 0.1) is 19.8 Å². The van der Waals surface area contributed by atoms with Gasteiger partial charge in [0.2, 0.25) is 0 Å². The van der Waals surface area contributed by atoms with Gasteiger partial charge in [-0.3, -0.25) is 18.6 Å². The van der Waals surface area contributed by atoms with Crippen LogP contribution in [0.1, 0.15) is 194 Å². The molecule has 0 aliphatic carbocycles. The van der Waals surface area contributed by atoms with Crippen molar-refractivity contribution in [2.24, 2.45) is 0 Å². The number of unbranched alkanes of at least 4 members (excludes halogenated alkanes) is 24. The highest BCUT2D eigenvalue weighted by Crippen LogP contribution is 2.43. The Labute approximate surface area is 299 Å². The maximum atomic E-state index is 12.5. The van der Waals surface area contributed by atoms with E-state index in [2.05, 4.69) is 18.4 Å². The fraction of sp³-hybridized carbons (Fsp3) is 0.947. The van der Waals surface area contributed by atoms with E-state index in [0.717, 1.165) is 38.5 Å². The number of carbonyl (C=O) groups excluding carboxylic acids is 2. The zero-order valence-electron chi connectivity index (χ0n) is 31.4. The number of hydrogen-bond acceptors (Lipinski definition) is 9. The summed E-state index contributed by atoms with van der Waals surface area (Å²) in [4.78, 5) is 34.8. The SMILES string of the molecule is CCCCCCCCCCCCCCCC(=O)OCC(COP(=O)(O)OC[C@@H](O)CO)OC(=O)CCCCCCCCCCCCCCC. The Morgan fingerprint density at radius 3 is 1.27 bits per heavy atom. The van der Waals surface area contributed by atoms with Crippen molar-refractivity contribution in [3.05, 3.63) is 0 Å². The molecule has 0 aromatic rings. The van der Waals surface area contributed by atoms with E-state index >= 15 is 0 Å². The van der Waals surface area contributed by atoms with Gasteiger partial charge in [0, 0.05) is 12.8 Å². The molecule has 292 valence electrons. The van der Waals surface area contributed by atoms with Crippen molar-refractivity contribution < 1.29 is 47.8 Å². The van der Waals surface area contributed by atoms with Crippen molar-refractivity contribution in [2.45, 2.75) is 206 Å². The first kappa shape index (κ1) is 48.0. The number of ether oxygens (including phenoxy) is 2. The van der Waals surface area contributed by atoms with Crippen LogP contribution in [0.25, 0.3) is 0 Å². The summed E-state index contributed by atoms with van der Waals surface area (Å²) in [7, 11) is -4.60. The number of rotatable bonds is 38. The first-order valence-electron chi connectivity index (χ1n) is 20.0. The van der Waals surface area contributed by atoms with Gasteiger partial charge in [-0.25, -0.2) is 4.57 Å². The predicted molar refractivity (Wildman–Crippen MR) is 196 cm³/mol. The molecule has 0 aromatic heterocycles. The predicted octanol–water partition coefficient (Wildman–Crippen LogP) is 9.89. The van der Waals surface area contributed by atoms with Crippen molar-refractivity contribution in [3.63, 3.8) is 0 Å². The summed E-state index contributed by atoms with van der Waals surface area (Å²) >= 11 is 0. The number of aliphatic hydroxyl groups excluding tert-OH is 2. The van der Waals surface area contributed by atoms with Crippen LogP contribution in [0.5, 0.6) is 0 Å². The number of aliphatic hydroxyl groups is 2. The monoisotopic (exact) mass is 723 g/mol. The molecular weight excluding hydrogens is 647 g/mol. The third kappa shape index (κ3) is 35.2. The highest BCUT2D eigenvalue weighted by molar-refractivity contribution is 7.47. The molecule has 10 nitrogen and oxygen atoms in total. The van der Waals surface area contributed by atoms with Crippen LogP contribution in [-0.2, 0) is 32.7 Å². The van der Waals surface area contributed by atoms with Crippen LogP contribution in [0.4, 0.5) is 0 Å². The van der Waals surface area contributed by atoms with Gasteiger partial charge in [-0.05, 0) is 12.8 Å². The molecule has 0 saturated carbocycles. The smallest absolute Gasteiger partial charge is 0.462 e. The quantitative estimate of drug-likeness (QED) is 0.0319. The second kappa shape index (κ2) is 35.4. The summed E-state index contributed by atoms with van der Waals surface area (Å²) in [6.45, 7) is 2.39. The summed E-state index contributed by atoms with van der Waals surface area (Å²) in [5.41, 5.74) is 0. The summed E-state index contributed by atoms with van der Waals surface area (Å²) < 4.78 is 32.6. The maximum Gasteiger partial charge on any atom is 0.472 e. The minimum Gasteiger partial charge on any atom is -0.462 e. The van der Waals surface area contributed by atoms with E-state index in [1.54, 1.807) is 0 Å². The second-order valence-corrected chi connectivity index (χ2v) is 15.1.